The zero-order valence-electron chi connectivity index (χ0n) is 8.64. The zero-order chi connectivity index (χ0) is 11.5. The van der Waals surface area contributed by atoms with Crippen LogP contribution >= 0.6 is 0 Å². The van der Waals surface area contributed by atoms with Crippen LogP contribution in [0.1, 0.15) is 37.4 Å². The summed E-state index contributed by atoms with van der Waals surface area (Å²) in [7, 11) is 0. The molecule has 0 radical (unpaired) electrons. The lowest BCUT2D eigenvalue weighted by Crippen LogP contribution is -2.25. The van der Waals surface area contributed by atoms with Crippen molar-refractivity contribution in [1.82, 2.24) is 9.55 Å². The predicted molar refractivity (Wildman–Crippen MR) is 55.5 cm³/mol. The maximum atomic E-state index is 12.3. The minimum atomic E-state index is -2.69. The highest BCUT2D eigenvalue weighted by Crippen LogP contribution is 2.21. The molecule has 0 bridgehead atoms. The average Bonchev–Trinajstić information content (AvgIpc) is 2.30. The quantitative estimate of drug-likeness (QED) is 0.726. The first-order chi connectivity index (χ1) is 7.68. The highest BCUT2D eigenvalue weighted by atomic mass is 19.3. The van der Waals surface area contributed by atoms with Crippen LogP contribution in [0.25, 0.3) is 0 Å². The molecule has 0 unspecified atom stereocenters. The summed E-state index contributed by atoms with van der Waals surface area (Å²) < 4.78 is 26.0. The third-order valence-electron chi connectivity index (χ3n) is 2.67. The number of rotatable bonds is 2. The maximum Gasteiger partial charge on any atom is 0.280 e. The molecule has 1 atom stereocenters. The summed E-state index contributed by atoms with van der Waals surface area (Å²) in [5.74, 6) is 0. The van der Waals surface area contributed by atoms with Crippen LogP contribution in [0.5, 0.6) is 0 Å². The summed E-state index contributed by atoms with van der Waals surface area (Å²) in [4.78, 5) is 15.2. The van der Waals surface area contributed by atoms with Gasteiger partial charge in [-0.25, -0.2) is 13.8 Å². The van der Waals surface area contributed by atoms with Gasteiger partial charge in [-0.1, -0.05) is 12.2 Å². The Morgan fingerprint density at radius 2 is 2.31 bits per heavy atom. The van der Waals surface area contributed by atoms with Gasteiger partial charge in [-0.05, 0) is 19.3 Å². The molecule has 16 heavy (non-hydrogen) atoms. The first-order valence-corrected chi connectivity index (χ1v) is 5.21. The fourth-order valence-electron chi connectivity index (χ4n) is 1.82. The number of nitrogens with zero attached hydrogens (tertiary/aromatic N) is 2. The Morgan fingerprint density at radius 1 is 1.50 bits per heavy atom. The summed E-state index contributed by atoms with van der Waals surface area (Å²) in [6.45, 7) is 0. The van der Waals surface area contributed by atoms with E-state index >= 15 is 0 Å². The van der Waals surface area contributed by atoms with E-state index in [1.807, 2.05) is 12.2 Å². The van der Waals surface area contributed by atoms with Crippen molar-refractivity contribution in [2.45, 2.75) is 31.7 Å². The Hall–Kier alpha value is -1.52. The lowest BCUT2D eigenvalue weighted by molar-refractivity contribution is 0.145. The van der Waals surface area contributed by atoms with E-state index in [1.165, 1.54) is 10.9 Å². The van der Waals surface area contributed by atoms with Crippen LogP contribution in [0, 0.1) is 0 Å². The van der Waals surface area contributed by atoms with Gasteiger partial charge in [0.1, 0.15) is 5.69 Å². The van der Waals surface area contributed by atoms with E-state index in [2.05, 4.69) is 4.98 Å². The summed E-state index contributed by atoms with van der Waals surface area (Å²) in [6.07, 6.45) is 5.31. The number of aromatic nitrogens is 2. The Bertz CT molecular complexity index is 454. The molecule has 0 aliphatic heterocycles. The van der Waals surface area contributed by atoms with Gasteiger partial charge in [0.15, 0.2) is 0 Å². The minimum Gasteiger partial charge on any atom is -0.292 e. The van der Waals surface area contributed by atoms with Crippen molar-refractivity contribution < 1.29 is 8.78 Å². The molecular weight excluding hydrogens is 214 g/mol. The van der Waals surface area contributed by atoms with E-state index in [0.717, 1.165) is 25.3 Å². The Labute approximate surface area is 91.4 Å². The van der Waals surface area contributed by atoms with Crippen molar-refractivity contribution in [2.24, 2.45) is 0 Å². The second kappa shape index (κ2) is 4.55. The van der Waals surface area contributed by atoms with E-state index in [1.54, 1.807) is 0 Å². The van der Waals surface area contributed by atoms with E-state index in [9.17, 15) is 13.6 Å². The van der Waals surface area contributed by atoms with Crippen molar-refractivity contribution in [3.63, 3.8) is 0 Å². The highest BCUT2D eigenvalue weighted by molar-refractivity contribution is 5.05. The van der Waals surface area contributed by atoms with E-state index < -0.39 is 17.7 Å². The molecule has 5 heteroatoms. The summed E-state index contributed by atoms with van der Waals surface area (Å²) >= 11 is 0. The van der Waals surface area contributed by atoms with E-state index in [-0.39, 0.29) is 6.04 Å². The molecule has 2 rings (SSSR count). The predicted octanol–water partition coefficient (Wildman–Crippen LogP) is 2.46. The lowest BCUT2D eigenvalue weighted by atomic mass is 10.0. The molecule has 86 valence electrons. The molecule has 0 aromatic carbocycles. The molecule has 0 amide bonds. The normalized spacial score (nSPS) is 20.3. The Kier molecular flexibility index (Phi) is 3.12. The number of allylic oxidation sites excluding steroid dienone is 2. The lowest BCUT2D eigenvalue weighted by Gasteiger charge is -2.18. The molecule has 0 saturated heterocycles. The van der Waals surface area contributed by atoms with Crippen LogP contribution in [0.4, 0.5) is 8.78 Å². The van der Waals surface area contributed by atoms with Crippen molar-refractivity contribution in [2.75, 3.05) is 0 Å². The van der Waals surface area contributed by atoms with Gasteiger partial charge in [0.25, 0.3) is 12.0 Å². The molecule has 3 nitrogen and oxygen atoms in total. The average molecular weight is 226 g/mol. The smallest absolute Gasteiger partial charge is 0.280 e. The monoisotopic (exact) mass is 226 g/mol. The van der Waals surface area contributed by atoms with Crippen LogP contribution in [-0.2, 0) is 0 Å². The molecule has 1 aliphatic rings. The largest absolute Gasteiger partial charge is 0.292 e. The SMILES string of the molecule is O=c1cc(C(F)F)ncn1[C@H]1C=CCCC1. The van der Waals surface area contributed by atoms with Gasteiger partial charge >= 0.3 is 0 Å². The molecule has 1 aromatic heterocycles. The van der Waals surface area contributed by atoms with Crippen LogP contribution in [0.15, 0.2) is 29.3 Å². The molecule has 0 spiro atoms. The highest BCUT2D eigenvalue weighted by Gasteiger charge is 2.15. The van der Waals surface area contributed by atoms with Gasteiger partial charge in [-0.2, -0.15) is 0 Å². The van der Waals surface area contributed by atoms with Gasteiger partial charge in [0, 0.05) is 6.07 Å². The van der Waals surface area contributed by atoms with E-state index in [0.29, 0.717) is 0 Å². The third-order valence-corrected chi connectivity index (χ3v) is 2.67. The fraction of sp³-hybridized carbons (Fsp3) is 0.455. The molecule has 1 aromatic rings. The van der Waals surface area contributed by atoms with Crippen molar-refractivity contribution in [1.29, 1.82) is 0 Å². The fourth-order valence-corrected chi connectivity index (χ4v) is 1.82. The van der Waals surface area contributed by atoms with Crippen molar-refractivity contribution in [3.8, 4) is 0 Å². The second-order valence-corrected chi connectivity index (χ2v) is 3.79. The molecular formula is C11H12F2N2O. The van der Waals surface area contributed by atoms with Gasteiger partial charge in [0.05, 0.1) is 12.4 Å². The number of alkyl halides is 2. The first-order valence-electron chi connectivity index (χ1n) is 5.21. The zero-order valence-corrected chi connectivity index (χ0v) is 8.64. The summed E-state index contributed by atoms with van der Waals surface area (Å²) in [5, 5.41) is 0. The molecule has 0 fully saturated rings. The van der Waals surface area contributed by atoms with Gasteiger partial charge in [0.2, 0.25) is 0 Å². The number of hydrogen-bond donors (Lipinski definition) is 0. The molecule has 1 heterocycles. The van der Waals surface area contributed by atoms with Crippen LogP contribution in [-0.4, -0.2) is 9.55 Å². The van der Waals surface area contributed by atoms with Gasteiger partial charge in [-0.15, -0.1) is 0 Å². The van der Waals surface area contributed by atoms with Crippen LogP contribution in [0.3, 0.4) is 0 Å². The number of halogens is 2. The molecule has 0 N–H and O–H groups in total. The van der Waals surface area contributed by atoms with Crippen LogP contribution < -0.4 is 5.56 Å². The van der Waals surface area contributed by atoms with Crippen molar-refractivity contribution in [3.05, 3.63) is 40.6 Å². The van der Waals surface area contributed by atoms with Crippen molar-refractivity contribution >= 4 is 0 Å². The third kappa shape index (κ3) is 2.18. The standard InChI is InChI=1S/C11H12F2N2O/c12-11(13)9-6-10(16)15(7-14-9)8-4-2-1-3-5-8/h2,4,6-8,11H,1,3,5H2/t8-/m0/s1. The Balaban J connectivity index is 2.32. The maximum absolute atomic E-state index is 12.3. The molecule has 1 aliphatic carbocycles. The topological polar surface area (TPSA) is 34.9 Å². The second-order valence-electron chi connectivity index (χ2n) is 3.79. The minimum absolute atomic E-state index is 0.0412. The first kappa shape index (κ1) is 11.0. The summed E-state index contributed by atoms with van der Waals surface area (Å²) in [6, 6.07) is 0.869. The summed E-state index contributed by atoms with van der Waals surface area (Å²) in [5.41, 5.74) is -0.872. The Morgan fingerprint density at radius 3 is 2.88 bits per heavy atom. The molecule has 0 saturated carbocycles. The van der Waals surface area contributed by atoms with Gasteiger partial charge < -0.3 is 0 Å². The van der Waals surface area contributed by atoms with Crippen LogP contribution in [0.2, 0.25) is 0 Å². The van der Waals surface area contributed by atoms with Gasteiger partial charge in [-0.3, -0.25) is 9.36 Å². The van der Waals surface area contributed by atoms with E-state index in [4.69, 9.17) is 0 Å². The number of hydrogen-bond acceptors (Lipinski definition) is 2.